The minimum absolute atomic E-state index is 0.0312. The maximum absolute atomic E-state index is 13.0. The quantitative estimate of drug-likeness (QED) is 0.404. The topological polar surface area (TPSA) is 122 Å². The van der Waals surface area contributed by atoms with Crippen LogP contribution < -0.4 is 0 Å². The highest BCUT2D eigenvalue weighted by molar-refractivity contribution is 7.89. The first-order chi connectivity index (χ1) is 13.8. The number of sulfonamides is 1. The molecular weight excluding hydrogens is 398 g/mol. The minimum atomic E-state index is -3.98. The molecule has 0 bridgehead atoms. The van der Waals surface area contributed by atoms with Crippen LogP contribution in [-0.2, 0) is 19.6 Å². The summed E-state index contributed by atoms with van der Waals surface area (Å²) in [6.45, 7) is 1.98. The molecule has 0 amide bonds. The Hall–Kier alpha value is -3.11. The van der Waals surface area contributed by atoms with Gasteiger partial charge in [0.25, 0.3) is 15.7 Å². The smallest absolute Gasteiger partial charge is 0.279 e. The van der Waals surface area contributed by atoms with Crippen LogP contribution in [0.25, 0.3) is 0 Å². The van der Waals surface area contributed by atoms with Gasteiger partial charge in [-0.2, -0.15) is 17.9 Å². The van der Waals surface area contributed by atoms with E-state index >= 15 is 0 Å². The van der Waals surface area contributed by atoms with Crippen molar-refractivity contribution in [2.24, 2.45) is 5.10 Å². The van der Waals surface area contributed by atoms with Crippen LogP contribution in [0.4, 0.5) is 5.69 Å². The Morgan fingerprint density at radius 3 is 2.55 bits per heavy atom. The van der Waals surface area contributed by atoms with Crippen molar-refractivity contribution in [3.05, 3.63) is 69.8 Å². The third-order valence-electron chi connectivity index (χ3n) is 4.85. The molecule has 2 aromatic carbocycles. The summed E-state index contributed by atoms with van der Waals surface area (Å²) in [5.41, 5.74) is 1.25. The van der Waals surface area contributed by atoms with E-state index in [2.05, 4.69) is 5.10 Å². The predicted molar refractivity (Wildman–Crippen MR) is 103 cm³/mol. The Bertz CT molecular complexity index is 1120. The van der Waals surface area contributed by atoms with Gasteiger partial charge in [-0.1, -0.05) is 29.8 Å². The minimum Gasteiger partial charge on any atom is -0.364 e. The molecule has 1 saturated heterocycles. The molecule has 2 aliphatic rings. The predicted octanol–water partition coefficient (Wildman–Crippen LogP) is 2.02. The van der Waals surface area contributed by atoms with Crippen LogP contribution in [0.3, 0.4) is 0 Å². The summed E-state index contributed by atoms with van der Waals surface area (Å²) in [6.07, 6.45) is -0.642. The molecule has 0 radical (unpaired) electrons. The van der Waals surface area contributed by atoms with Crippen LogP contribution in [0.5, 0.6) is 0 Å². The van der Waals surface area contributed by atoms with E-state index in [0.29, 0.717) is 5.56 Å². The normalized spacial score (nSPS) is 21.0. The molecular formula is C19H17N3O6S. The molecule has 1 fully saturated rings. The van der Waals surface area contributed by atoms with Gasteiger partial charge in [-0.15, -0.1) is 0 Å². The van der Waals surface area contributed by atoms with Crippen LogP contribution in [0.2, 0.25) is 0 Å². The molecule has 10 heteroatoms. The lowest BCUT2D eigenvalue weighted by Crippen LogP contribution is -2.27. The van der Waals surface area contributed by atoms with Crippen LogP contribution in [0.1, 0.15) is 17.0 Å². The second-order valence-corrected chi connectivity index (χ2v) is 8.74. The molecule has 0 unspecified atom stereocenters. The molecule has 2 aromatic rings. The first kappa shape index (κ1) is 19.2. The van der Waals surface area contributed by atoms with E-state index in [1.165, 1.54) is 30.3 Å². The summed E-state index contributed by atoms with van der Waals surface area (Å²) in [6, 6.07) is 12.1. The number of hydrogen-bond donors (Lipinski definition) is 0. The number of nitro benzene ring substituents is 1. The molecule has 4 rings (SSSR count). The summed E-state index contributed by atoms with van der Waals surface area (Å²) in [7, 11) is -3.98. The zero-order valence-corrected chi connectivity index (χ0v) is 16.2. The number of carbonyl (C=O) groups is 1. The molecule has 0 spiro atoms. The van der Waals surface area contributed by atoms with Crippen LogP contribution in [0.15, 0.2) is 58.5 Å². The zero-order chi connectivity index (χ0) is 20.8. The summed E-state index contributed by atoms with van der Waals surface area (Å²) in [5.74, 6) is -1.12. The van der Waals surface area contributed by atoms with Gasteiger partial charge in [0.05, 0.1) is 28.9 Å². The highest BCUT2D eigenvalue weighted by Gasteiger charge is 2.44. The van der Waals surface area contributed by atoms with E-state index in [4.69, 9.17) is 4.74 Å². The fourth-order valence-electron chi connectivity index (χ4n) is 3.16. The van der Waals surface area contributed by atoms with Gasteiger partial charge in [-0.05, 0) is 24.6 Å². The number of benzene rings is 2. The third-order valence-corrected chi connectivity index (χ3v) is 6.50. The standard InChI is InChI=1S/C19H17N3O6S/c1-12-5-7-15(8-6-12)29(26,27)21-10-16(18(20-21)19(23)17-11-28-17)13-3-2-4-14(9-13)22(24)25/h2-9,16-17H,10-11H2,1H3/t16-,17-/m0/s1. The van der Waals surface area contributed by atoms with Crippen LogP contribution in [-0.4, -0.2) is 48.5 Å². The maximum atomic E-state index is 13.0. The summed E-state index contributed by atoms with van der Waals surface area (Å²) < 4.78 is 32.0. The van der Waals surface area contributed by atoms with Crippen molar-refractivity contribution in [2.45, 2.75) is 23.8 Å². The van der Waals surface area contributed by atoms with E-state index in [-0.39, 0.29) is 29.4 Å². The Labute approximate surface area is 166 Å². The second-order valence-electron chi connectivity index (χ2n) is 6.90. The van der Waals surface area contributed by atoms with Gasteiger partial charge in [0.1, 0.15) is 11.8 Å². The highest BCUT2D eigenvalue weighted by atomic mass is 32.2. The van der Waals surface area contributed by atoms with Gasteiger partial charge in [0.2, 0.25) is 5.78 Å². The van der Waals surface area contributed by atoms with E-state index in [1.807, 2.05) is 6.92 Å². The van der Waals surface area contributed by atoms with E-state index in [0.717, 1.165) is 9.98 Å². The lowest BCUT2D eigenvalue weighted by Gasteiger charge is -2.16. The first-order valence-corrected chi connectivity index (χ1v) is 10.3. The van der Waals surface area contributed by atoms with Crippen molar-refractivity contribution in [3.8, 4) is 0 Å². The molecule has 29 heavy (non-hydrogen) atoms. The second kappa shape index (κ2) is 7.05. The van der Waals surface area contributed by atoms with E-state index in [1.54, 1.807) is 18.2 Å². The van der Waals surface area contributed by atoms with Crippen molar-refractivity contribution in [2.75, 3.05) is 13.2 Å². The Morgan fingerprint density at radius 2 is 1.93 bits per heavy atom. The molecule has 2 atom stereocenters. The summed E-state index contributed by atoms with van der Waals surface area (Å²) >= 11 is 0. The lowest BCUT2D eigenvalue weighted by molar-refractivity contribution is -0.384. The monoisotopic (exact) mass is 415 g/mol. The molecule has 0 saturated carbocycles. The lowest BCUT2D eigenvalue weighted by atomic mass is 9.91. The van der Waals surface area contributed by atoms with Crippen molar-refractivity contribution < 1.29 is 22.9 Å². The van der Waals surface area contributed by atoms with Crippen LogP contribution in [0, 0.1) is 17.0 Å². The van der Waals surface area contributed by atoms with Gasteiger partial charge in [-0.3, -0.25) is 14.9 Å². The molecule has 2 aliphatic heterocycles. The van der Waals surface area contributed by atoms with Crippen molar-refractivity contribution in [1.29, 1.82) is 0 Å². The SMILES string of the molecule is Cc1ccc(S(=O)(=O)N2C[C@@H](c3cccc([N+](=O)[O-])c3)C(C(=O)[C@@H]3CO3)=N2)cc1. The highest BCUT2D eigenvalue weighted by Crippen LogP contribution is 2.33. The number of hydrogen-bond acceptors (Lipinski definition) is 7. The van der Waals surface area contributed by atoms with Gasteiger partial charge in [-0.25, -0.2) is 0 Å². The fraction of sp³-hybridized carbons (Fsp3) is 0.263. The average Bonchev–Trinajstić information content (AvgIpc) is 3.45. The molecule has 2 heterocycles. The Morgan fingerprint density at radius 1 is 1.24 bits per heavy atom. The first-order valence-electron chi connectivity index (χ1n) is 8.85. The molecule has 0 aromatic heterocycles. The third kappa shape index (κ3) is 3.64. The number of rotatable bonds is 6. The number of non-ortho nitro benzene ring substituents is 1. The van der Waals surface area contributed by atoms with E-state index in [9.17, 15) is 23.3 Å². The molecule has 0 aliphatic carbocycles. The van der Waals surface area contributed by atoms with Gasteiger partial charge < -0.3 is 4.74 Å². The number of carbonyl (C=O) groups excluding carboxylic acids is 1. The zero-order valence-electron chi connectivity index (χ0n) is 15.4. The van der Waals surface area contributed by atoms with Crippen molar-refractivity contribution in [1.82, 2.24) is 4.41 Å². The summed E-state index contributed by atoms with van der Waals surface area (Å²) in [5, 5.41) is 15.2. The summed E-state index contributed by atoms with van der Waals surface area (Å²) in [4.78, 5) is 23.3. The Kier molecular flexibility index (Phi) is 4.67. The van der Waals surface area contributed by atoms with Gasteiger partial charge in [0.15, 0.2) is 0 Å². The molecule has 0 N–H and O–H groups in total. The number of aryl methyl sites for hydroxylation is 1. The van der Waals surface area contributed by atoms with Gasteiger partial charge in [0, 0.05) is 12.1 Å². The number of ether oxygens (including phenoxy) is 1. The van der Waals surface area contributed by atoms with Crippen LogP contribution >= 0.6 is 0 Å². The number of hydrazone groups is 1. The molecule has 9 nitrogen and oxygen atoms in total. The number of epoxide rings is 1. The molecule has 150 valence electrons. The average molecular weight is 415 g/mol. The van der Waals surface area contributed by atoms with Gasteiger partial charge >= 0.3 is 0 Å². The van der Waals surface area contributed by atoms with Crippen molar-refractivity contribution >= 4 is 27.2 Å². The number of ketones is 1. The van der Waals surface area contributed by atoms with E-state index < -0.39 is 32.8 Å². The fourth-order valence-corrected chi connectivity index (χ4v) is 4.43. The maximum Gasteiger partial charge on any atom is 0.279 e. The number of nitro groups is 1. The Balaban J connectivity index is 1.73. The largest absolute Gasteiger partial charge is 0.364 e. The number of Topliss-reactive ketones (excluding diaryl/α,β-unsaturated/α-hetero) is 1. The van der Waals surface area contributed by atoms with Crippen molar-refractivity contribution in [3.63, 3.8) is 0 Å². The number of nitrogens with zero attached hydrogens (tertiary/aromatic N) is 3.